The van der Waals surface area contributed by atoms with Crippen LogP contribution in [0.3, 0.4) is 0 Å². The van der Waals surface area contributed by atoms with Gasteiger partial charge in [-0.15, -0.1) is 0 Å². The van der Waals surface area contributed by atoms with Crippen molar-refractivity contribution in [2.24, 2.45) is 0 Å². The molecular weight excluding hydrogens is 264 g/mol. The van der Waals surface area contributed by atoms with Crippen LogP contribution in [0.5, 0.6) is 0 Å². The largest absolute Gasteiger partial charge is 0.334 e. The summed E-state index contributed by atoms with van der Waals surface area (Å²) in [6.45, 7) is 0. The van der Waals surface area contributed by atoms with Gasteiger partial charge in [-0.1, -0.05) is 30.3 Å². The van der Waals surface area contributed by atoms with Gasteiger partial charge >= 0.3 is 0 Å². The topological polar surface area (TPSA) is 80.6 Å². The number of hydrogen-bond donors (Lipinski definition) is 1. The first-order valence-electron chi connectivity index (χ1n) is 5.51. The highest BCUT2D eigenvalue weighted by Crippen LogP contribution is 2.18. The van der Waals surface area contributed by atoms with E-state index in [0.29, 0.717) is 5.69 Å². The molecule has 0 saturated carbocycles. The fourth-order valence-electron chi connectivity index (χ4n) is 1.69. The summed E-state index contributed by atoms with van der Waals surface area (Å²) in [5, 5.41) is 0.0320. The molecule has 0 atom stereocenters. The number of nitrogens with one attached hydrogen (secondary N) is 1. The molecule has 0 radical (unpaired) electrons. The Balaban J connectivity index is 2.03. The fraction of sp³-hybridized carbons (Fsp3) is 0. The van der Waals surface area contributed by atoms with Crippen molar-refractivity contribution in [2.45, 2.75) is 5.03 Å². The molecule has 2 aromatic heterocycles. The smallest absolute Gasteiger partial charge is 0.286 e. The second kappa shape index (κ2) is 4.36. The maximum atomic E-state index is 12.2. The zero-order chi connectivity index (χ0) is 13.3. The summed E-state index contributed by atoms with van der Waals surface area (Å²) >= 11 is 0. The van der Waals surface area contributed by atoms with E-state index in [-0.39, 0.29) is 5.03 Å². The zero-order valence-corrected chi connectivity index (χ0v) is 10.6. The van der Waals surface area contributed by atoms with Crippen LogP contribution in [0.1, 0.15) is 0 Å². The van der Waals surface area contributed by atoms with Crippen LogP contribution in [0.4, 0.5) is 0 Å². The van der Waals surface area contributed by atoms with E-state index in [1.54, 1.807) is 0 Å². The summed E-state index contributed by atoms with van der Waals surface area (Å²) in [6, 6.07) is 9.38. The third kappa shape index (κ3) is 2.04. The summed E-state index contributed by atoms with van der Waals surface area (Å²) in [6.07, 6.45) is 5.34. The van der Waals surface area contributed by atoms with Crippen molar-refractivity contribution in [3.63, 3.8) is 0 Å². The Hall–Kier alpha value is -2.41. The van der Waals surface area contributed by atoms with Gasteiger partial charge in [-0.05, 0) is 0 Å². The number of hydrogen-bond acceptors (Lipinski definition) is 4. The van der Waals surface area contributed by atoms with Crippen molar-refractivity contribution >= 4 is 10.0 Å². The predicted molar refractivity (Wildman–Crippen MR) is 68.8 cm³/mol. The number of nitrogens with zero attached hydrogens (tertiary/aromatic N) is 3. The molecule has 7 heteroatoms. The Kier molecular flexibility index (Phi) is 2.68. The average Bonchev–Trinajstić information content (AvgIpc) is 3.12. The standard InChI is InChI=1S/C12H10N4O2S/c17-19(18,12-6-13-8-14-12)16-7-11(15-9-16)10-4-2-1-3-5-10/h1-9H,(H,13,14). The quantitative estimate of drug-likeness (QED) is 0.785. The monoisotopic (exact) mass is 274 g/mol. The van der Waals surface area contributed by atoms with Crippen molar-refractivity contribution in [1.82, 2.24) is 18.9 Å². The van der Waals surface area contributed by atoms with Crippen molar-refractivity contribution in [3.05, 3.63) is 55.4 Å². The number of benzene rings is 1. The van der Waals surface area contributed by atoms with Gasteiger partial charge in [0.2, 0.25) is 0 Å². The van der Waals surface area contributed by atoms with Crippen LogP contribution in [-0.4, -0.2) is 27.3 Å². The van der Waals surface area contributed by atoms with E-state index < -0.39 is 10.0 Å². The molecule has 0 saturated heterocycles. The van der Waals surface area contributed by atoms with Crippen LogP contribution in [-0.2, 0) is 10.0 Å². The first-order valence-corrected chi connectivity index (χ1v) is 6.95. The SMILES string of the molecule is O=S(=O)(c1cnc[nH]1)n1cnc(-c2ccccc2)c1. The molecule has 96 valence electrons. The number of aromatic amines is 1. The fourth-order valence-corrected chi connectivity index (χ4v) is 2.73. The molecule has 0 amide bonds. The van der Waals surface area contributed by atoms with Gasteiger partial charge in [-0.3, -0.25) is 0 Å². The Morgan fingerprint density at radius 3 is 2.63 bits per heavy atom. The van der Waals surface area contributed by atoms with E-state index in [9.17, 15) is 8.42 Å². The Bertz CT molecular complexity index is 776. The van der Waals surface area contributed by atoms with Crippen LogP contribution in [0.25, 0.3) is 11.3 Å². The molecule has 3 aromatic rings. The summed E-state index contributed by atoms with van der Waals surface area (Å²) < 4.78 is 25.5. The van der Waals surface area contributed by atoms with Gasteiger partial charge in [-0.25, -0.2) is 13.9 Å². The predicted octanol–water partition coefficient (Wildman–Crippen LogP) is 1.51. The second-order valence-corrected chi connectivity index (χ2v) is 5.69. The van der Waals surface area contributed by atoms with Gasteiger partial charge in [0.05, 0.1) is 18.2 Å². The van der Waals surface area contributed by atoms with Gasteiger partial charge in [0.1, 0.15) is 6.33 Å². The molecule has 0 aliphatic carbocycles. The van der Waals surface area contributed by atoms with Crippen LogP contribution in [0.15, 0.2) is 60.4 Å². The molecule has 2 heterocycles. The second-order valence-electron chi connectivity index (χ2n) is 3.88. The van der Waals surface area contributed by atoms with Gasteiger partial charge in [-0.2, -0.15) is 8.42 Å². The minimum absolute atomic E-state index is 0.0320. The van der Waals surface area contributed by atoms with E-state index in [4.69, 9.17) is 0 Å². The molecular formula is C12H10N4O2S. The van der Waals surface area contributed by atoms with Crippen LogP contribution >= 0.6 is 0 Å². The molecule has 0 aliphatic heterocycles. The molecule has 1 aromatic carbocycles. The van der Waals surface area contributed by atoms with Crippen LogP contribution < -0.4 is 0 Å². The van der Waals surface area contributed by atoms with Crippen molar-refractivity contribution in [3.8, 4) is 11.3 Å². The lowest BCUT2D eigenvalue weighted by Gasteiger charge is -2.00. The first kappa shape index (κ1) is 11.7. The Morgan fingerprint density at radius 2 is 1.95 bits per heavy atom. The highest BCUT2D eigenvalue weighted by Gasteiger charge is 2.18. The Morgan fingerprint density at radius 1 is 1.16 bits per heavy atom. The van der Waals surface area contributed by atoms with E-state index >= 15 is 0 Å². The maximum Gasteiger partial charge on any atom is 0.286 e. The van der Waals surface area contributed by atoms with E-state index in [2.05, 4.69) is 15.0 Å². The highest BCUT2D eigenvalue weighted by molar-refractivity contribution is 7.89. The molecule has 1 N–H and O–H groups in total. The minimum Gasteiger partial charge on any atom is -0.334 e. The third-order valence-electron chi connectivity index (χ3n) is 2.66. The molecule has 0 aliphatic rings. The molecule has 0 bridgehead atoms. The van der Waals surface area contributed by atoms with Crippen LogP contribution in [0, 0.1) is 0 Å². The molecule has 0 spiro atoms. The van der Waals surface area contributed by atoms with Crippen molar-refractivity contribution < 1.29 is 8.42 Å². The van der Waals surface area contributed by atoms with E-state index in [1.165, 1.54) is 25.0 Å². The van der Waals surface area contributed by atoms with Gasteiger partial charge in [0.25, 0.3) is 10.0 Å². The minimum atomic E-state index is -3.65. The summed E-state index contributed by atoms with van der Waals surface area (Å²) in [5.41, 5.74) is 1.46. The Labute approximate surface area is 109 Å². The highest BCUT2D eigenvalue weighted by atomic mass is 32.2. The maximum absolute atomic E-state index is 12.2. The normalized spacial score (nSPS) is 11.6. The van der Waals surface area contributed by atoms with E-state index in [0.717, 1.165) is 9.54 Å². The summed E-state index contributed by atoms with van der Waals surface area (Å²) in [5.74, 6) is 0. The lowest BCUT2D eigenvalue weighted by molar-refractivity contribution is 0.584. The van der Waals surface area contributed by atoms with Crippen molar-refractivity contribution in [1.29, 1.82) is 0 Å². The summed E-state index contributed by atoms with van der Waals surface area (Å²) in [7, 11) is -3.65. The number of H-pyrrole nitrogens is 1. The molecule has 6 nitrogen and oxygen atoms in total. The average molecular weight is 274 g/mol. The van der Waals surface area contributed by atoms with Gasteiger partial charge in [0.15, 0.2) is 5.03 Å². The molecule has 0 fully saturated rings. The van der Waals surface area contributed by atoms with Gasteiger partial charge in [0, 0.05) is 11.8 Å². The van der Waals surface area contributed by atoms with E-state index in [1.807, 2.05) is 30.3 Å². The lowest BCUT2D eigenvalue weighted by Crippen LogP contribution is -2.11. The molecule has 0 unspecified atom stereocenters. The number of rotatable bonds is 3. The molecule has 19 heavy (non-hydrogen) atoms. The third-order valence-corrected chi connectivity index (χ3v) is 4.19. The number of aromatic nitrogens is 4. The first-order chi connectivity index (χ1) is 9.18. The summed E-state index contributed by atoms with van der Waals surface area (Å²) in [4.78, 5) is 10.4. The van der Waals surface area contributed by atoms with Crippen molar-refractivity contribution in [2.75, 3.05) is 0 Å². The van der Waals surface area contributed by atoms with Gasteiger partial charge < -0.3 is 4.98 Å². The lowest BCUT2D eigenvalue weighted by atomic mass is 10.2. The zero-order valence-electron chi connectivity index (χ0n) is 9.76. The number of imidazole rings is 2. The van der Waals surface area contributed by atoms with Crippen LogP contribution in [0.2, 0.25) is 0 Å². The molecule has 3 rings (SSSR count).